The lowest BCUT2D eigenvalue weighted by atomic mass is 10.1. The SMILES string of the molecule is Cc1cc(-c2ccccc2)n2nc(C)c(-c3ccc(Cl)cc3)c2n1. The zero-order chi connectivity index (χ0) is 16.7. The van der Waals surface area contributed by atoms with Gasteiger partial charge in [0.05, 0.1) is 11.4 Å². The molecule has 0 aliphatic heterocycles. The summed E-state index contributed by atoms with van der Waals surface area (Å²) in [6, 6.07) is 20.2. The fourth-order valence-corrected chi connectivity index (χ4v) is 3.14. The molecule has 0 amide bonds. The van der Waals surface area contributed by atoms with Crippen molar-refractivity contribution < 1.29 is 0 Å². The van der Waals surface area contributed by atoms with Crippen molar-refractivity contribution in [1.29, 1.82) is 0 Å². The van der Waals surface area contributed by atoms with Gasteiger partial charge in [0.1, 0.15) is 0 Å². The van der Waals surface area contributed by atoms with Gasteiger partial charge in [0.15, 0.2) is 5.65 Å². The Kier molecular flexibility index (Phi) is 3.58. The summed E-state index contributed by atoms with van der Waals surface area (Å²) in [5, 5.41) is 5.47. The molecule has 0 saturated heterocycles. The fourth-order valence-electron chi connectivity index (χ4n) is 3.01. The third-order valence-corrected chi connectivity index (χ3v) is 4.35. The van der Waals surface area contributed by atoms with E-state index in [1.54, 1.807) is 0 Å². The Labute approximate surface area is 145 Å². The normalized spacial score (nSPS) is 11.1. The summed E-state index contributed by atoms with van der Waals surface area (Å²) in [5.41, 5.74) is 7.08. The molecule has 0 radical (unpaired) electrons. The molecule has 4 rings (SSSR count). The molecule has 118 valence electrons. The molecule has 0 N–H and O–H groups in total. The Hall–Kier alpha value is -2.65. The lowest BCUT2D eigenvalue weighted by molar-refractivity contribution is 0.917. The molecule has 4 heteroatoms. The molecule has 0 atom stereocenters. The van der Waals surface area contributed by atoms with E-state index < -0.39 is 0 Å². The van der Waals surface area contributed by atoms with Crippen LogP contribution in [0.1, 0.15) is 11.4 Å². The van der Waals surface area contributed by atoms with Gasteiger partial charge in [-0.15, -0.1) is 0 Å². The van der Waals surface area contributed by atoms with Crippen molar-refractivity contribution in [3.63, 3.8) is 0 Å². The van der Waals surface area contributed by atoms with E-state index in [0.29, 0.717) is 0 Å². The first-order valence-corrected chi connectivity index (χ1v) is 8.19. The van der Waals surface area contributed by atoms with E-state index in [0.717, 1.165) is 44.4 Å². The van der Waals surface area contributed by atoms with E-state index in [1.807, 2.05) is 60.8 Å². The highest BCUT2D eigenvalue weighted by Crippen LogP contribution is 2.31. The second kappa shape index (κ2) is 5.77. The minimum Gasteiger partial charge on any atom is -0.233 e. The maximum Gasteiger partial charge on any atom is 0.164 e. The number of aromatic nitrogens is 3. The van der Waals surface area contributed by atoms with Gasteiger partial charge in [0.25, 0.3) is 0 Å². The van der Waals surface area contributed by atoms with E-state index in [-0.39, 0.29) is 0 Å². The summed E-state index contributed by atoms with van der Waals surface area (Å²) in [4.78, 5) is 4.75. The highest BCUT2D eigenvalue weighted by atomic mass is 35.5. The average molecular weight is 334 g/mol. The Bertz CT molecular complexity index is 1020. The van der Waals surface area contributed by atoms with Gasteiger partial charge < -0.3 is 0 Å². The molecule has 4 aromatic rings. The average Bonchev–Trinajstić information content (AvgIpc) is 2.91. The van der Waals surface area contributed by atoms with Crippen molar-refractivity contribution in [3.8, 4) is 22.4 Å². The van der Waals surface area contributed by atoms with Crippen LogP contribution in [0.3, 0.4) is 0 Å². The molecule has 0 unspecified atom stereocenters. The second-order valence-electron chi connectivity index (χ2n) is 5.85. The quantitative estimate of drug-likeness (QED) is 0.496. The van der Waals surface area contributed by atoms with E-state index in [2.05, 4.69) is 18.2 Å². The number of aryl methyl sites for hydroxylation is 2. The third-order valence-electron chi connectivity index (χ3n) is 4.09. The molecule has 0 bridgehead atoms. The minimum absolute atomic E-state index is 0.724. The first-order chi connectivity index (χ1) is 11.6. The number of hydrogen-bond acceptors (Lipinski definition) is 2. The Morgan fingerprint density at radius 2 is 1.58 bits per heavy atom. The predicted octanol–water partition coefficient (Wildman–Crippen LogP) is 5.33. The fraction of sp³-hybridized carbons (Fsp3) is 0.100. The van der Waals surface area contributed by atoms with Crippen LogP contribution in [0.5, 0.6) is 0 Å². The van der Waals surface area contributed by atoms with Gasteiger partial charge >= 0.3 is 0 Å². The van der Waals surface area contributed by atoms with Crippen LogP contribution in [-0.4, -0.2) is 14.6 Å². The monoisotopic (exact) mass is 333 g/mol. The first-order valence-electron chi connectivity index (χ1n) is 7.82. The molecule has 24 heavy (non-hydrogen) atoms. The Morgan fingerprint density at radius 3 is 2.29 bits per heavy atom. The van der Waals surface area contributed by atoms with Gasteiger partial charge in [0, 0.05) is 21.8 Å². The van der Waals surface area contributed by atoms with Crippen molar-refractivity contribution in [1.82, 2.24) is 14.6 Å². The molecule has 3 nitrogen and oxygen atoms in total. The zero-order valence-corrected chi connectivity index (χ0v) is 14.2. The second-order valence-corrected chi connectivity index (χ2v) is 6.29. The smallest absolute Gasteiger partial charge is 0.164 e. The number of rotatable bonds is 2. The van der Waals surface area contributed by atoms with Gasteiger partial charge in [-0.1, -0.05) is 54.1 Å². The molecule has 0 spiro atoms. The first kappa shape index (κ1) is 14.9. The van der Waals surface area contributed by atoms with Crippen molar-refractivity contribution in [2.75, 3.05) is 0 Å². The largest absolute Gasteiger partial charge is 0.233 e. The number of nitrogens with zero attached hydrogens (tertiary/aromatic N) is 3. The summed E-state index contributed by atoms with van der Waals surface area (Å²) in [7, 11) is 0. The van der Waals surface area contributed by atoms with Crippen LogP contribution in [0.4, 0.5) is 0 Å². The van der Waals surface area contributed by atoms with Crippen LogP contribution in [0.2, 0.25) is 5.02 Å². The van der Waals surface area contributed by atoms with Gasteiger partial charge in [-0.2, -0.15) is 5.10 Å². The topological polar surface area (TPSA) is 30.2 Å². The number of benzene rings is 2. The number of halogens is 1. The summed E-state index contributed by atoms with van der Waals surface area (Å²) in [6.45, 7) is 4.03. The van der Waals surface area contributed by atoms with Crippen LogP contribution < -0.4 is 0 Å². The van der Waals surface area contributed by atoms with Crippen LogP contribution in [0.25, 0.3) is 28.0 Å². The Balaban J connectivity index is 2.02. The van der Waals surface area contributed by atoms with E-state index in [1.165, 1.54) is 0 Å². The van der Waals surface area contributed by atoms with E-state index in [9.17, 15) is 0 Å². The molecular formula is C20H16ClN3. The van der Waals surface area contributed by atoms with E-state index in [4.69, 9.17) is 21.7 Å². The summed E-state index contributed by atoms with van der Waals surface area (Å²) in [6.07, 6.45) is 0. The number of fused-ring (bicyclic) bond motifs is 1. The van der Waals surface area contributed by atoms with Crippen molar-refractivity contribution >= 4 is 17.2 Å². The summed E-state index contributed by atoms with van der Waals surface area (Å²) >= 11 is 6.03. The van der Waals surface area contributed by atoms with Crippen LogP contribution in [0.15, 0.2) is 60.7 Å². The molecule has 2 aromatic carbocycles. The van der Waals surface area contributed by atoms with Crippen LogP contribution >= 0.6 is 11.6 Å². The zero-order valence-electron chi connectivity index (χ0n) is 13.5. The van der Waals surface area contributed by atoms with Crippen molar-refractivity contribution in [2.45, 2.75) is 13.8 Å². The van der Waals surface area contributed by atoms with Crippen molar-refractivity contribution in [2.24, 2.45) is 0 Å². The molecule has 2 heterocycles. The highest BCUT2D eigenvalue weighted by Gasteiger charge is 2.16. The molecule has 0 saturated carbocycles. The van der Waals surface area contributed by atoms with Gasteiger partial charge in [-0.25, -0.2) is 9.50 Å². The van der Waals surface area contributed by atoms with Crippen LogP contribution in [-0.2, 0) is 0 Å². The molecule has 0 fully saturated rings. The van der Waals surface area contributed by atoms with Gasteiger partial charge in [-0.3, -0.25) is 0 Å². The third kappa shape index (κ3) is 2.47. The molecule has 0 aliphatic carbocycles. The summed E-state index contributed by atoms with van der Waals surface area (Å²) < 4.78 is 1.93. The standard InChI is InChI=1S/C20H16ClN3/c1-13-12-18(15-6-4-3-5-7-15)24-20(22-13)19(14(2)23-24)16-8-10-17(21)11-9-16/h3-12H,1-2H3. The molecular weight excluding hydrogens is 318 g/mol. The maximum absolute atomic E-state index is 6.03. The van der Waals surface area contributed by atoms with E-state index >= 15 is 0 Å². The minimum atomic E-state index is 0.724. The van der Waals surface area contributed by atoms with Gasteiger partial charge in [0.2, 0.25) is 0 Å². The Morgan fingerprint density at radius 1 is 0.875 bits per heavy atom. The summed E-state index contributed by atoms with van der Waals surface area (Å²) in [5.74, 6) is 0. The predicted molar refractivity (Wildman–Crippen MR) is 98.3 cm³/mol. The maximum atomic E-state index is 6.03. The van der Waals surface area contributed by atoms with Crippen molar-refractivity contribution in [3.05, 3.63) is 77.1 Å². The van der Waals surface area contributed by atoms with Gasteiger partial charge in [-0.05, 0) is 37.6 Å². The molecule has 0 aliphatic rings. The lowest BCUT2D eigenvalue weighted by Gasteiger charge is -2.07. The number of hydrogen-bond donors (Lipinski definition) is 0. The lowest BCUT2D eigenvalue weighted by Crippen LogP contribution is -1.98. The highest BCUT2D eigenvalue weighted by molar-refractivity contribution is 6.30. The molecule has 2 aromatic heterocycles. The van der Waals surface area contributed by atoms with Crippen LogP contribution in [0, 0.1) is 13.8 Å².